The predicted octanol–water partition coefficient (Wildman–Crippen LogP) is 3.73. The Labute approximate surface area is 78.8 Å². The molecule has 1 heteroatoms. The molecule has 2 rings (SSSR count). The maximum absolute atomic E-state index is 13.4. The molecule has 0 spiro atoms. The van der Waals surface area contributed by atoms with Crippen LogP contribution in [0.4, 0.5) is 4.39 Å². The third-order valence-electron chi connectivity index (χ3n) is 3.04. The summed E-state index contributed by atoms with van der Waals surface area (Å²) < 4.78 is 13.4. The molecule has 0 amide bonds. The van der Waals surface area contributed by atoms with Crippen LogP contribution in [0, 0.1) is 11.7 Å². The first kappa shape index (κ1) is 8.74. The topological polar surface area (TPSA) is 0 Å². The van der Waals surface area contributed by atoms with Gasteiger partial charge in [-0.3, -0.25) is 0 Å². The largest absolute Gasteiger partial charge is 0.207 e. The smallest absolute Gasteiger partial charge is 0.126 e. The van der Waals surface area contributed by atoms with Gasteiger partial charge in [0.2, 0.25) is 0 Å². The van der Waals surface area contributed by atoms with Gasteiger partial charge in [-0.05, 0) is 36.3 Å². The molecule has 0 nitrogen and oxygen atoms in total. The summed E-state index contributed by atoms with van der Waals surface area (Å²) in [7, 11) is 0. The van der Waals surface area contributed by atoms with E-state index < -0.39 is 0 Å². The predicted molar refractivity (Wildman–Crippen MR) is 52.2 cm³/mol. The van der Waals surface area contributed by atoms with Crippen LogP contribution in [0.3, 0.4) is 0 Å². The highest BCUT2D eigenvalue weighted by molar-refractivity contribution is 5.22. The minimum atomic E-state index is -0.0263. The van der Waals surface area contributed by atoms with Gasteiger partial charge in [-0.15, -0.1) is 0 Å². The Morgan fingerprint density at radius 2 is 2.00 bits per heavy atom. The van der Waals surface area contributed by atoms with E-state index in [0.29, 0.717) is 5.92 Å². The van der Waals surface area contributed by atoms with E-state index in [1.54, 1.807) is 12.1 Å². The molecule has 0 heterocycles. The van der Waals surface area contributed by atoms with Crippen molar-refractivity contribution < 1.29 is 4.39 Å². The lowest BCUT2D eigenvalue weighted by atomic mass is 9.96. The molecule has 0 radical (unpaired) electrons. The molecule has 1 aromatic rings. The summed E-state index contributed by atoms with van der Waals surface area (Å²) in [6, 6.07) is 7.19. The molecule has 1 fully saturated rings. The molecule has 13 heavy (non-hydrogen) atoms. The van der Waals surface area contributed by atoms with Crippen LogP contribution in [0.2, 0.25) is 0 Å². The highest BCUT2D eigenvalue weighted by Crippen LogP contribution is 2.38. The van der Waals surface area contributed by atoms with Gasteiger partial charge in [0.1, 0.15) is 5.82 Å². The molecule has 0 unspecified atom stereocenters. The number of hydrogen-bond acceptors (Lipinski definition) is 0. The van der Waals surface area contributed by atoms with Crippen LogP contribution >= 0.6 is 0 Å². The lowest BCUT2D eigenvalue weighted by Gasteiger charge is -2.10. The molecule has 0 bridgehead atoms. The van der Waals surface area contributed by atoms with E-state index in [0.717, 1.165) is 24.3 Å². The van der Waals surface area contributed by atoms with Crippen molar-refractivity contribution in [1.29, 1.82) is 0 Å². The summed E-state index contributed by atoms with van der Waals surface area (Å²) in [5.74, 6) is 1.21. The van der Waals surface area contributed by atoms with Crippen LogP contribution in [-0.4, -0.2) is 0 Å². The molecule has 0 aliphatic heterocycles. The molecular weight excluding hydrogens is 163 g/mol. The van der Waals surface area contributed by atoms with Crippen LogP contribution in [0.25, 0.3) is 0 Å². The maximum Gasteiger partial charge on any atom is 0.126 e. The molecule has 0 N–H and O–H groups in total. The van der Waals surface area contributed by atoms with Crippen molar-refractivity contribution in [2.75, 3.05) is 0 Å². The van der Waals surface area contributed by atoms with E-state index in [2.05, 4.69) is 6.92 Å². The van der Waals surface area contributed by atoms with Crippen molar-refractivity contribution >= 4 is 0 Å². The van der Waals surface area contributed by atoms with Gasteiger partial charge < -0.3 is 0 Å². The first-order valence-corrected chi connectivity index (χ1v) is 5.02. The van der Waals surface area contributed by atoms with Crippen molar-refractivity contribution in [3.8, 4) is 0 Å². The first-order valence-electron chi connectivity index (χ1n) is 5.02. The third-order valence-corrected chi connectivity index (χ3v) is 3.04. The van der Waals surface area contributed by atoms with Gasteiger partial charge in [-0.2, -0.15) is 0 Å². The molecule has 1 aromatic carbocycles. The average Bonchev–Trinajstić information content (AvgIpc) is 2.53. The van der Waals surface area contributed by atoms with E-state index in [-0.39, 0.29) is 5.82 Å². The quantitative estimate of drug-likeness (QED) is 0.614. The number of rotatable bonds is 1. The normalized spacial score (nSPS) is 27.8. The van der Waals surface area contributed by atoms with E-state index in [1.165, 1.54) is 6.42 Å². The average molecular weight is 178 g/mol. The SMILES string of the molecule is C[C@@H]1CC[C@@H](c2ccccc2F)C1. The van der Waals surface area contributed by atoms with Crippen molar-refractivity contribution in [2.24, 2.45) is 5.92 Å². The fourth-order valence-electron chi connectivity index (χ4n) is 2.30. The molecule has 0 saturated heterocycles. The fourth-order valence-corrected chi connectivity index (χ4v) is 2.30. The van der Waals surface area contributed by atoms with Crippen LogP contribution < -0.4 is 0 Å². The molecule has 0 aromatic heterocycles. The standard InChI is InChI=1S/C12H15F/c1-9-6-7-10(8-9)11-4-2-3-5-12(11)13/h2-5,9-10H,6-8H2,1H3/t9-,10-/m1/s1. The fraction of sp³-hybridized carbons (Fsp3) is 0.500. The molecular formula is C12H15F. The van der Waals surface area contributed by atoms with Crippen molar-refractivity contribution in [3.05, 3.63) is 35.6 Å². The summed E-state index contributed by atoms with van der Waals surface area (Å²) in [4.78, 5) is 0. The Morgan fingerprint density at radius 1 is 1.23 bits per heavy atom. The van der Waals surface area contributed by atoms with Gasteiger partial charge in [-0.1, -0.05) is 31.5 Å². The van der Waals surface area contributed by atoms with Crippen LogP contribution in [0.15, 0.2) is 24.3 Å². The highest BCUT2D eigenvalue weighted by atomic mass is 19.1. The molecule has 2 atom stereocenters. The summed E-state index contributed by atoms with van der Waals surface area (Å²) in [5.41, 5.74) is 0.923. The van der Waals surface area contributed by atoms with Gasteiger partial charge >= 0.3 is 0 Å². The summed E-state index contributed by atoms with van der Waals surface area (Å²) in [5, 5.41) is 0. The zero-order chi connectivity index (χ0) is 9.26. The van der Waals surface area contributed by atoms with E-state index >= 15 is 0 Å². The molecule has 1 aliphatic rings. The van der Waals surface area contributed by atoms with Crippen LogP contribution in [0.5, 0.6) is 0 Å². The summed E-state index contributed by atoms with van der Waals surface area (Å²) in [6.07, 6.45) is 3.56. The van der Waals surface area contributed by atoms with E-state index in [1.807, 2.05) is 12.1 Å². The lowest BCUT2D eigenvalue weighted by Crippen LogP contribution is -1.96. The first-order chi connectivity index (χ1) is 6.27. The Bertz CT molecular complexity index is 293. The van der Waals surface area contributed by atoms with Crippen LogP contribution in [-0.2, 0) is 0 Å². The Balaban J connectivity index is 2.21. The Hall–Kier alpha value is -0.850. The lowest BCUT2D eigenvalue weighted by molar-refractivity contribution is 0.561. The molecule has 70 valence electrons. The number of halogens is 1. The Kier molecular flexibility index (Phi) is 2.34. The molecule has 1 saturated carbocycles. The zero-order valence-corrected chi connectivity index (χ0v) is 7.96. The van der Waals surface area contributed by atoms with Gasteiger partial charge in [0.25, 0.3) is 0 Å². The van der Waals surface area contributed by atoms with Gasteiger partial charge in [0.05, 0.1) is 0 Å². The van der Waals surface area contributed by atoms with Crippen LogP contribution in [0.1, 0.15) is 37.7 Å². The second-order valence-electron chi connectivity index (χ2n) is 4.14. The van der Waals surface area contributed by atoms with Crippen molar-refractivity contribution in [2.45, 2.75) is 32.1 Å². The second kappa shape index (κ2) is 3.49. The monoisotopic (exact) mass is 178 g/mol. The van der Waals surface area contributed by atoms with E-state index in [9.17, 15) is 4.39 Å². The van der Waals surface area contributed by atoms with Crippen molar-refractivity contribution in [3.63, 3.8) is 0 Å². The van der Waals surface area contributed by atoms with Crippen molar-refractivity contribution in [1.82, 2.24) is 0 Å². The van der Waals surface area contributed by atoms with E-state index in [4.69, 9.17) is 0 Å². The molecule has 1 aliphatic carbocycles. The number of hydrogen-bond donors (Lipinski definition) is 0. The number of benzene rings is 1. The second-order valence-corrected chi connectivity index (χ2v) is 4.14. The van der Waals surface area contributed by atoms with Gasteiger partial charge in [-0.25, -0.2) is 4.39 Å². The minimum absolute atomic E-state index is 0.0263. The summed E-state index contributed by atoms with van der Waals surface area (Å²) in [6.45, 7) is 2.25. The maximum atomic E-state index is 13.4. The minimum Gasteiger partial charge on any atom is -0.207 e. The van der Waals surface area contributed by atoms with Gasteiger partial charge in [0, 0.05) is 0 Å². The third kappa shape index (κ3) is 1.74. The zero-order valence-electron chi connectivity index (χ0n) is 7.96. The Morgan fingerprint density at radius 3 is 2.62 bits per heavy atom. The van der Waals surface area contributed by atoms with Gasteiger partial charge in [0.15, 0.2) is 0 Å². The highest BCUT2D eigenvalue weighted by Gasteiger charge is 2.24. The summed E-state index contributed by atoms with van der Waals surface area (Å²) >= 11 is 0.